The zero-order valence-electron chi connectivity index (χ0n) is 15.7. The summed E-state index contributed by atoms with van der Waals surface area (Å²) in [5.74, 6) is -0.613. The van der Waals surface area contributed by atoms with Crippen molar-refractivity contribution >= 4 is 28.5 Å². The van der Waals surface area contributed by atoms with Crippen LogP contribution >= 0.6 is 0 Å². The molecule has 2 aliphatic rings. The van der Waals surface area contributed by atoms with Crippen LogP contribution in [-0.2, 0) is 30.9 Å². The minimum atomic E-state index is -1.51. The van der Waals surface area contributed by atoms with Crippen molar-refractivity contribution in [3.8, 4) is 0 Å². The normalized spacial score (nSPS) is 24.7. The summed E-state index contributed by atoms with van der Waals surface area (Å²) < 4.78 is 19.3. The Morgan fingerprint density at radius 2 is 2.00 bits per heavy atom. The van der Waals surface area contributed by atoms with E-state index in [0.29, 0.717) is 12.1 Å². The molecule has 1 spiro atoms. The van der Waals surface area contributed by atoms with Gasteiger partial charge in [0.15, 0.2) is 5.54 Å². The second-order valence-corrected chi connectivity index (χ2v) is 9.55. The molecule has 3 rings (SSSR count). The van der Waals surface area contributed by atoms with Gasteiger partial charge in [-0.15, -0.1) is 0 Å². The fourth-order valence-corrected chi connectivity index (χ4v) is 4.90. The molecule has 26 heavy (non-hydrogen) atoms. The summed E-state index contributed by atoms with van der Waals surface area (Å²) in [6.45, 7) is 7.56. The predicted molar refractivity (Wildman–Crippen MR) is 101 cm³/mol. The van der Waals surface area contributed by atoms with Gasteiger partial charge in [0.1, 0.15) is 11.0 Å². The molecule has 1 fully saturated rings. The van der Waals surface area contributed by atoms with Crippen LogP contribution in [-0.4, -0.2) is 38.8 Å². The smallest absolute Gasteiger partial charge is 0.332 e. The van der Waals surface area contributed by atoms with Gasteiger partial charge in [0.2, 0.25) is 0 Å². The van der Waals surface area contributed by atoms with Crippen LogP contribution in [0.5, 0.6) is 0 Å². The van der Waals surface area contributed by atoms with Crippen molar-refractivity contribution < 1.29 is 18.5 Å². The molecule has 2 atom stereocenters. The van der Waals surface area contributed by atoms with E-state index in [1.165, 1.54) is 6.08 Å². The summed E-state index contributed by atoms with van der Waals surface area (Å²) in [5.41, 5.74) is 1.17. The summed E-state index contributed by atoms with van der Waals surface area (Å²) in [7, 11) is 0.215. The molecular weight excluding hydrogens is 352 g/mol. The Balaban J connectivity index is 2.12. The number of fused-ring (bicyclic) bond motifs is 2. The number of likely N-dealkylation sites (N-methyl/N-ethyl adjacent to an activating group) is 1. The molecule has 1 aromatic rings. The number of hydrogen-bond acceptors (Lipinski definition) is 4. The largest absolute Gasteiger partial charge is 0.463 e. The first-order chi connectivity index (χ1) is 12.1. The third kappa shape index (κ3) is 2.57. The Bertz CT molecular complexity index is 827. The number of nitrogens with zero attached hydrogens (tertiary/aromatic N) is 2. The molecule has 6 nitrogen and oxygen atoms in total. The van der Waals surface area contributed by atoms with E-state index in [1.807, 2.05) is 45.0 Å². The van der Waals surface area contributed by atoms with E-state index >= 15 is 0 Å². The number of rotatable bonds is 3. The van der Waals surface area contributed by atoms with Crippen LogP contribution in [0.3, 0.4) is 0 Å². The van der Waals surface area contributed by atoms with Gasteiger partial charge in [-0.05, 0) is 33.8 Å². The lowest BCUT2D eigenvalue weighted by Crippen LogP contribution is -2.63. The Kier molecular flexibility index (Phi) is 4.46. The number of carbonyl (C=O) groups is 2. The number of anilines is 1. The fourth-order valence-electron chi connectivity index (χ4n) is 3.50. The molecule has 0 saturated carbocycles. The van der Waals surface area contributed by atoms with Gasteiger partial charge in [0, 0.05) is 36.5 Å². The van der Waals surface area contributed by atoms with E-state index in [9.17, 15) is 13.8 Å². The molecular formula is C19H24N2O4S. The van der Waals surface area contributed by atoms with Crippen LogP contribution in [0.4, 0.5) is 5.69 Å². The quantitative estimate of drug-likeness (QED) is 0.600. The SMILES string of the molecule is CCOC(=O)/C=C1\C[C@]2(C(=O)N(C)c3ccccc32)N1S(=O)C(C)(C)C. The summed E-state index contributed by atoms with van der Waals surface area (Å²) in [4.78, 5) is 26.7. The first-order valence-corrected chi connectivity index (χ1v) is 9.72. The van der Waals surface area contributed by atoms with Crippen molar-refractivity contribution in [2.75, 3.05) is 18.6 Å². The molecule has 0 bridgehead atoms. The van der Waals surface area contributed by atoms with E-state index in [-0.39, 0.29) is 12.5 Å². The number of ether oxygens (including phenoxy) is 1. The number of carbonyl (C=O) groups excluding carboxylic acids is 2. The Morgan fingerprint density at radius 3 is 2.62 bits per heavy atom. The third-order valence-electron chi connectivity index (χ3n) is 4.67. The van der Waals surface area contributed by atoms with Gasteiger partial charge in [0.05, 0.1) is 11.4 Å². The van der Waals surface area contributed by atoms with E-state index in [4.69, 9.17) is 4.74 Å². The minimum absolute atomic E-state index is 0.127. The van der Waals surface area contributed by atoms with Crippen molar-refractivity contribution in [1.82, 2.24) is 4.31 Å². The summed E-state index contributed by atoms with van der Waals surface area (Å²) in [6, 6.07) is 7.52. The maximum atomic E-state index is 13.3. The molecule has 0 aromatic heterocycles. The van der Waals surface area contributed by atoms with Crippen LogP contribution in [0.25, 0.3) is 0 Å². The second-order valence-electron chi connectivity index (χ2n) is 7.46. The summed E-state index contributed by atoms with van der Waals surface area (Å²) >= 11 is 0. The second kappa shape index (κ2) is 6.23. The average Bonchev–Trinajstić information content (AvgIpc) is 2.77. The molecule has 1 saturated heterocycles. The first-order valence-electron chi connectivity index (χ1n) is 8.61. The molecule has 1 unspecified atom stereocenters. The van der Waals surface area contributed by atoms with Crippen LogP contribution in [0.15, 0.2) is 36.0 Å². The molecule has 1 amide bonds. The minimum Gasteiger partial charge on any atom is -0.463 e. The lowest BCUT2D eigenvalue weighted by molar-refractivity contribution is -0.138. The molecule has 7 heteroatoms. The molecule has 0 radical (unpaired) electrons. The van der Waals surface area contributed by atoms with Gasteiger partial charge in [-0.1, -0.05) is 18.2 Å². The predicted octanol–water partition coefficient (Wildman–Crippen LogP) is 2.47. The highest BCUT2D eigenvalue weighted by Crippen LogP contribution is 2.57. The van der Waals surface area contributed by atoms with Gasteiger partial charge >= 0.3 is 5.97 Å². The number of benzene rings is 1. The number of para-hydroxylation sites is 1. The Hall–Kier alpha value is -2.15. The van der Waals surface area contributed by atoms with Crippen LogP contribution in [0.2, 0.25) is 0 Å². The monoisotopic (exact) mass is 376 g/mol. The number of esters is 1. The van der Waals surface area contributed by atoms with Crippen molar-refractivity contribution in [1.29, 1.82) is 0 Å². The molecule has 0 aliphatic carbocycles. The number of hydrogen-bond donors (Lipinski definition) is 0. The molecule has 140 valence electrons. The molecule has 2 heterocycles. The highest BCUT2D eigenvalue weighted by molar-refractivity contribution is 7.84. The first kappa shape index (κ1) is 18.6. The van der Waals surface area contributed by atoms with E-state index in [1.54, 1.807) is 23.2 Å². The van der Waals surface area contributed by atoms with Crippen molar-refractivity contribution in [3.63, 3.8) is 0 Å². The zero-order chi connectivity index (χ0) is 19.3. The fraction of sp³-hybridized carbons (Fsp3) is 0.474. The van der Waals surface area contributed by atoms with Crippen LogP contribution in [0, 0.1) is 0 Å². The van der Waals surface area contributed by atoms with Crippen molar-refractivity contribution in [2.24, 2.45) is 0 Å². The van der Waals surface area contributed by atoms with Crippen molar-refractivity contribution in [2.45, 2.75) is 44.4 Å². The highest BCUT2D eigenvalue weighted by atomic mass is 32.2. The lowest BCUT2D eigenvalue weighted by Gasteiger charge is -2.52. The van der Waals surface area contributed by atoms with E-state index in [0.717, 1.165) is 11.3 Å². The van der Waals surface area contributed by atoms with Gasteiger partial charge in [-0.25, -0.2) is 9.00 Å². The molecule has 2 aliphatic heterocycles. The molecule has 0 N–H and O–H groups in total. The Labute approximate surface area is 156 Å². The summed E-state index contributed by atoms with van der Waals surface area (Å²) in [6.07, 6.45) is 1.68. The van der Waals surface area contributed by atoms with Crippen LogP contribution in [0.1, 0.15) is 39.7 Å². The Morgan fingerprint density at radius 1 is 1.35 bits per heavy atom. The topological polar surface area (TPSA) is 66.9 Å². The average molecular weight is 376 g/mol. The van der Waals surface area contributed by atoms with Crippen molar-refractivity contribution in [3.05, 3.63) is 41.6 Å². The van der Waals surface area contributed by atoms with E-state index in [2.05, 4.69) is 0 Å². The van der Waals surface area contributed by atoms with Gasteiger partial charge in [0.25, 0.3) is 5.91 Å². The summed E-state index contributed by atoms with van der Waals surface area (Å²) in [5, 5.41) is 0. The van der Waals surface area contributed by atoms with Gasteiger partial charge in [-0.3, -0.25) is 9.10 Å². The number of amides is 1. The van der Waals surface area contributed by atoms with Gasteiger partial charge in [-0.2, -0.15) is 0 Å². The highest BCUT2D eigenvalue weighted by Gasteiger charge is 2.64. The van der Waals surface area contributed by atoms with Gasteiger partial charge < -0.3 is 9.64 Å². The maximum Gasteiger partial charge on any atom is 0.332 e. The van der Waals surface area contributed by atoms with Crippen LogP contribution < -0.4 is 4.90 Å². The third-order valence-corrected chi connectivity index (χ3v) is 6.60. The zero-order valence-corrected chi connectivity index (χ0v) is 16.6. The standard InChI is InChI=1S/C19H24N2O4S/c1-6-25-16(22)11-13-12-19(21(13)26(24)18(2,3)4)14-9-7-8-10-15(14)20(5)17(19)23/h7-11H,6,12H2,1-5H3/b13-11+/t19-,26?/m0/s1. The lowest BCUT2D eigenvalue weighted by atomic mass is 9.79. The maximum absolute atomic E-state index is 13.3. The molecule has 1 aromatic carbocycles. The van der Waals surface area contributed by atoms with E-state index < -0.39 is 27.2 Å².